The van der Waals surface area contributed by atoms with E-state index in [1.54, 1.807) is 18.2 Å². The fourth-order valence-corrected chi connectivity index (χ4v) is 1.19. The van der Waals surface area contributed by atoms with Gasteiger partial charge in [0, 0.05) is 6.20 Å². The van der Waals surface area contributed by atoms with E-state index in [-0.39, 0.29) is 51.4 Å². The number of hydrogen-bond donors (Lipinski definition) is 0. The summed E-state index contributed by atoms with van der Waals surface area (Å²) < 4.78 is 2.12. The van der Waals surface area contributed by atoms with Gasteiger partial charge < -0.3 is 9.90 Å². The predicted molar refractivity (Wildman–Crippen MR) is 44.5 cm³/mol. The molecule has 72 valence electrons. The Balaban J connectivity index is 0.00000112. The fourth-order valence-electron chi connectivity index (χ4n) is 1.19. The number of fused-ring (bicyclic) bond motifs is 1. The van der Waals surface area contributed by atoms with Gasteiger partial charge in [0.15, 0.2) is 5.65 Å². The van der Waals surface area contributed by atoms with Crippen molar-refractivity contribution in [3.05, 3.63) is 34.9 Å². The number of carbonyl (C=O) groups is 1. The van der Waals surface area contributed by atoms with Gasteiger partial charge in [0.05, 0.1) is 12.5 Å². The van der Waals surface area contributed by atoms with Crippen molar-refractivity contribution >= 4 is 11.6 Å². The summed E-state index contributed by atoms with van der Waals surface area (Å²) in [6.07, 6.45) is 1.52. The number of aliphatic carboxylic acids is 1. The van der Waals surface area contributed by atoms with Gasteiger partial charge in [0.25, 0.3) is 0 Å². The second-order valence-corrected chi connectivity index (χ2v) is 2.74. The molecule has 6 nitrogen and oxygen atoms in total. The number of carbonyl (C=O) groups excluding carboxylic acids is 1. The Hall–Kier alpha value is -0.474. The minimum Gasteiger partial charge on any atom is -0.548 e. The molecular weight excluding hydrogens is 225 g/mol. The normalized spacial score (nSPS) is 9.87. The third-order valence-corrected chi connectivity index (χ3v) is 1.77. The van der Waals surface area contributed by atoms with Gasteiger partial charge in [0.1, 0.15) is 0 Å². The maximum Gasteiger partial charge on any atom is 1.00 e. The average Bonchev–Trinajstić information content (AvgIpc) is 2.44. The Bertz CT molecular complexity index is 545. The van der Waals surface area contributed by atoms with E-state index in [1.165, 1.54) is 10.6 Å². The molecule has 0 spiro atoms. The second kappa shape index (κ2) is 5.04. The minimum atomic E-state index is -1.34. The quantitative estimate of drug-likeness (QED) is 0.486. The topological polar surface area (TPSA) is 79.4 Å². The smallest absolute Gasteiger partial charge is 0.548 e. The third kappa shape index (κ3) is 2.55. The molecule has 0 radical (unpaired) electrons. The van der Waals surface area contributed by atoms with Crippen LogP contribution >= 0.6 is 0 Å². The van der Waals surface area contributed by atoms with Crippen molar-refractivity contribution < 1.29 is 61.3 Å². The summed E-state index contributed by atoms with van der Waals surface area (Å²) in [7, 11) is 0. The molecule has 0 bridgehead atoms. The van der Waals surface area contributed by atoms with Crippen LogP contribution in [-0.4, -0.2) is 20.2 Å². The summed E-state index contributed by atoms with van der Waals surface area (Å²) in [4.78, 5) is 21.7. The first-order chi connectivity index (χ1) is 6.68. The van der Waals surface area contributed by atoms with Crippen LogP contribution < -0.4 is 62.2 Å². The van der Waals surface area contributed by atoms with Gasteiger partial charge in [-0.05, 0) is 12.1 Å². The van der Waals surface area contributed by atoms with Crippen LogP contribution in [0.1, 0.15) is 0 Å². The largest absolute Gasteiger partial charge is 1.00 e. The molecule has 0 aliphatic carbocycles. The van der Waals surface area contributed by atoms with Gasteiger partial charge >= 0.3 is 57.1 Å². The first-order valence-electron chi connectivity index (χ1n) is 3.92. The van der Waals surface area contributed by atoms with Crippen LogP contribution in [0.5, 0.6) is 0 Å². The summed E-state index contributed by atoms with van der Waals surface area (Å²) in [5.74, 6) is -1.34. The zero-order chi connectivity index (χ0) is 10.1. The van der Waals surface area contributed by atoms with E-state index in [1.807, 2.05) is 0 Å². The molecule has 0 N–H and O–H groups in total. The maximum atomic E-state index is 11.4. The average molecular weight is 231 g/mol. The van der Waals surface area contributed by atoms with Crippen LogP contribution in [0.25, 0.3) is 5.65 Å². The van der Waals surface area contributed by atoms with Crippen molar-refractivity contribution in [1.82, 2.24) is 14.2 Å². The van der Waals surface area contributed by atoms with Crippen molar-refractivity contribution in [3.63, 3.8) is 0 Å². The van der Waals surface area contributed by atoms with Crippen LogP contribution in [0.15, 0.2) is 29.2 Å². The molecule has 2 rings (SSSR count). The predicted octanol–water partition coefficient (Wildman–Crippen LogP) is -4.75. The zero-order valence-electron chi connectivity index (χ0n) is 8.08. The number of aromatic nitrogens is 3. The third-order valence-electron chi connectivity index (χ3n) is 1.77. The summed E-state index contributed by atoms with van der Waals surface area (Å²) >= 11 is 0. The zero-order valence-corrected chi connectivity index (χ0v) is 11.2. The molecule has 0 aliphatic heterocycles. The number of nitrogens with zero attached hydrogens (tertiary/aromatic N) is 3. The number of rotatable bonds is 2. The monoisotopic (exact) mass is 231 g/mol. The first-order valence-corrected chi connectivity index (χ1v) is 3.92. The molecule has 0 atom stereocenters. The Morgan fingerprint density at radius 1 is 1.47 bits per heavy atom. The Morgan fingerprint density at radius 2 is 2.20 bits per heavy atom. The van der Waals surface area contributed by atoms with E-state index in [0.717, 1.165) is 4.68 Å². The molecule has 0 fully saturated rings. The molecule has 0 saturated carbocycles. The van der Waals surface area contributed by atoms with Crippen LogP contribution in [0.4, 0.5) is 0 Å². The molecule has 2 aromatic heterocycles. The molecule has 0 unspecified atom stereocenters. The molecule has 0 saturated heterocycles. The van der Waals surface area contributed by atoms with E-state index in [4.69, 9.17) is 0 Å². The molecule has 7 heteroatoms. The molecule has 2 aromatic rings. The Morgan fingerprint density at radius 3 is 2.80 bits per heavy atom. The Labute approximate surface area is 127 Å². The number of pyridine rings is 1. The van der Waals surface area contributed by atoms with E-state index in [2.05, 4.69) is 5.10 Å². The molecule has 0 aromatic carbocycles. The minimum absolute atomic E-state index is 0. The van der Waals surface area contributed by atoms with E-state index in [0.29, 0.717) is 5.65 Å². The summed E-state index contributed by atoms with van der Waals surface area (Å²) in [6, 6.07) is 5.00. The molecule has 15 heavy (non-hydrogen) atoms. The second-order valence-electron chi connectivity index (χ2n) is 2.74. The summed E-state index contributed by atoms with van der Waals surface area (Å²) in [5.41, 5.74) is -0.0662. The number of carboxylic acids is 1. The Kier molecular flexibility index (Phi) is 4.23. The molecule has 0 aliphatic rings. The number of hydrogen-bond acceptors (Lipinski definition) is 4. The van der Waals surface area contributed by atoms with Crippen LogP contribution in [-0.2, 0) is 11.3 Å². The summed E-state index contributed by atoms with van der Waals surface area (Å²) in [5, 5.41) is 14.1. The van der Waals surface area contributed by atoms with Crippen LogP contribution in [0.3, 0.4) is 0 Å². The fraction of sp³-hybridized carbons (Fsp3) is 0.125. The van der Waals surface area contributed by atoms with E-state index < -0.39 is 18.2 Å². The van der Waals surface area contributed by atoms with Gasteiger partial charge in [-0.15, -0.1) is 5.10 Å². The molecule has 0 amide bonds. The van der Waals surface area contributed by atoms with Crippen LogP contribution in [0, 0.1) is 0 Å². The number of carboxylic acid groups (broad SMARTS) is 1. The van der Waals surface area contributed by atoms with Crippen molar-refractivity contribution in [2.75, 3.05) is 0 Å². The first kappa shape index (κ1) is 12.6. The van der Waals surface area contributed by atoms with Crippen molar-refractivity contribution in [2.45, 2.75) is 6.54 Å². The van der Waals surface area contributed by atoms with E-state index in [9.17, 15) is 14.7 Å². The van der Waals surface area contributed by atoms with Crippen molar-refractivity contribution in [1.29, 1.82) is 0 Å². The van der Waals surface area contributed by atoms with Gasteiger partial charge in [-0.2, -0.15) is 0 Å². The molecule has 2 heterocycles. The SMILES string of the molecule is O=C([O-])Cn1nc2ccccn2c1=O.[K+]. The maximum absolute atomic E-state index is 11.4. The van der Waals surface area contributed by atoms with Gasteiger partial charge in [-0.1, -0.05) is 6.07 Å². The van der Waals surface area contributed by atoms with Crippen molar-refractivity contribution in [2.24, 2.45) is 0 Å². The summed E-state index contributed by atoms with van der Waals surface area (Å²) in [6.45, 7) is -0.527. The van der Waals surface area contributed by atoms with Gasteiger partial charge in [0.2, 0.25) is 0 Å². The standard InChI is InChI=1S/C8H7N3O3.K/c12-7(13)5-11-8(14)10-4-2-1-3-6(10)9-11;/h1-4H,5H2,(H,12,13);/q;+1/p-1. The van der Waals surface area contributed by atoms with Crippen LogP contribution in [0.2, 0.25) is 0 Å². The molecular formula is C8H6KN3O3. The van der Waals surface area contributed by atoms with E-state index >= 15 is 0 Å². The van der Waals surface area contributed by atoms with Gasteiger partial charge in [-0.25, -0.2) is 9.48 Å². The van der Waals surface area contributed by atoms with Crippen molar-refractivity contribution in [3.8, 4) is 0 Å². The van der Waals surface area contributed by atoms with Gasteiger partial charge in [-0.3, -0.25) is 4.40 Å².